The van der Waals surface area contributed by atoms with Crippen LogP contribution in [0.5, 0.6) is 0 Å². The van der Waals surface area contributed by atoms with E-state index in [2.05, 4.69) is 15.3 Å². The molecule has 1 unspecified atom stereocenters. The van der Waals surface area contributed by atoms with E-state index in [4.69, 9.17) is 4.74 Å². The second kappa shape index (κ2) is 8.27. The van der Waals surface area contributed by atoms with Gasteiger partial charge in [-0.25, -0.2) is 9.97 Å². The summed E-state index contributed by atoms with van der Waals surface area (Å²) in [5.74, 6) is 0.0511. The second-order valence-corrected chi connectivity index (χ2v) is 8.23. The molecule has 24 heavy (non-hydrogen) atoms. The summed E-state index contributed by atoms with van der Waals surface area (Å²) in [6.07, 6.45) is 5.92. The second-order valence-electron chi connectivity index (χ2n) is 5.82. The Labute approximate surface area is 150 Å². The summed E-state index contributed by atoms with van der Waals surface area (Å²) in [6, 6.07) is 0. The molecule has 5 nitrogen and oxygen atoms in total. The highest BCUT2D eigenvalue weighted by Gasteiger charge is 2.23. The van der Waals surface area contributed by atoms with Gasteiger partial charge in [-0.05, 0) is 45.1 Å². The number of hydrogen-bond acceptors (Lipinski definition) is 6. The zero-order valence-electron chi connectivity index (χ0n) is 14.1. The molecule has 2 heterocycles. The van der Waals surface area contributed by atoms with Crippen LogP contribution >= 0.6 is 23.1 Å². The van der Waals surface area contributed by atoms with E-state index in [1.807, 2.05) is 13.8 Å². The summed E-state index contributed by atoms with van der Waals surface area (Å²) in [6.45, 7) is 5.96. The normalized spacial score (nSPS) is 14.8. The van der Waals surface area contributed by atoms with Crippen LogP contribution in [0.2, 0.25) is 0 Å². The number of nitrogens with one attached hydrogen (secondary N) is 1. The number of carbonyl (C=O) groups is 1. The van der Waals surface area contributed by atoms with Crippen molar-refractivity contribution < 1.29 is 9.53 Å². The number of thiophene rings is 1. The SMILES string of the molecule is CCOCCCNC(=O)C(C)Sc1ncnc2sc3c(c12)CCC3. The van der Waals surface area contributed by atoms with Gasteiger partial charge in [0.15, 0.2) is 0 Å². The van der Waals surface area contributed by atoms with Crippen molar-refractivity contribution in [1.29, 1.82) is 0 Å². The lowest BCUT2D eigenvalue weighted by Gasteiger charge is -2.12. The molecule has 1 aliphatic rings. The highest BCUT2D eigenvalue weighted by molar-refractivity contribution is 8.00. The van der Waals surface area contributed by atoms with Crippen molar-refractivity contribution in [2.75, 3.05) is 19.8 Å². The maximum absolute atomic E-state index is 12.3. The summed E-state index contributed by atoms with van der Waals surface area (Å²) in [5.41, 5.74) is 1.41. The minimum absolute atomic E-state index is 0.0511. The predicted molar refractivity (Wildman–Crippen MR) is 98.9 cm³/mol. The molecule has 2 aromatic heterocycles. The quantitative estimate of drug-likeness (QED) is 0.442. The average molecular weight is 366 g/mol. The molecule has 1 amide bonds. The molecule has 1 N–H and O–H groups in total. The largest absolute Gasteiger partial charge is 0.382 e. The third-order valence-corrected chi connectivity index (χ3v) is 6.39. The van der Waals surface area contributed by atoms with Crippen molar-refractivity contribution in [3.63, 3.8) is 0 Å². The van der Waals surface area contributed by atoms with Gasteiger partial charge < -0.3 is 10.1 Å². The number of ether oxygens (including phenoxy) is 1. The van der Waals surface area contributed by atoms with E-state index < -0.39 is 0 Å². The van der Waals surface area contributed by atoms with Crippen molar-refractivity contribution in [2.24, 2.45) is 0 Å². The maximum atomic E-state index is 12.3. The molecular formula is C17H23N3O2S2. The zero-order valence-corrected chi connectivity index (χ0v) is 15.8. The highest BCUT2D eigenvalue weighted by atomic mass is 32.2. The standard InChI is InChI=1S/C17H23N3O2S2/c1-3-22-9-5-8-18-15(21)11(2)23-16-14-12-6-4-7-13(12)24-17(14)20-10-19-16/h10-11H,3-9H2,1-2H3,(H,18,21). The molecule has 0 bridgehead atoms. The Morgan fingerprint density at radius 2 is 2.33 bits per heavy atom. The van der Waals surface area contributed by atoms with Gasteiger partial charge in [0.25, 0.3) is 0 Å². The average Bonchev–Trinajstić information content (AvgIpc) is 3.15. The Morgan fingerprint density at radius 3 is 3.17 bits per heavy atom. The minimum atomic E-state index is -0.174. The van der Waals surface area contributed by atoms with Gasteiger partial charge in [0.1, 0.15) is 16.2 Å². The summed E-state index contributed by atoms with van der Waals surface area (Å²) in [5, 5.41) is 4.92. The molecule has 0 spiro atoms. The van der Waals surface area contributed by atoms with Crippen molar-refractivity contribution >= 4 is 39.2 Å². The van der Waals surface area contributed by atoms with Gasteiger partial charge >= 0.3 is 0 Å². The molecule has 1 atom stereocenters. The molecule has 0 saturated carbocycles. The number of aromatic nitrogens is 2. The molecule has 0 saturated heterocycles. The highest BCUT2D eigenvalue weighted by Crippen LogP contribution is 2.40. The Balaban J connectivity index is 1.63. The summed E-state index contributed by atoms with van der Waals surface area (Å²) in [7, 11) is 0. The first-order chi connectivity index (χ1) is 11.7. The van der Waals surface area contributed by atoms with Gasteiger partial charge in [0.05, 0.1) is 5.25 Å². The molecule has 0 aromatic carbocycles. The predicted octanol–water partition coefficient (Wildman–Crippen LogP) is 3.20. The maximum Gasteiger partial charge on any atom is 0.233 e. The number of fused-ring (bicyclic) bond motifs is 3. The fraction of sp³-hybridized carbons (Fsp3) is 0.588. The van der Waals surface area contributed by atoms with E-state index in [1.54, 1.807) is 17.7 Å². The molecule has 1 aliphatic carbocycles. The molecule has 2 aromatic rings. The molecule has 7 heteroatoms. The number of aryl methyl sites for hydroxylation is 2. The number of rotatable bonds is 8. The first-order valence-corrected chi connectivity index (χ1v) is 10.2. The third kappa shape index (κ3) is 3.90. The fourth-order valence-corrected chi connectivity index (χ4v) is 5.15. The van der Waals surface area contributed by atoms with Gasteiger partial charge in [0, 0.05) is 30.0 Å². The number of carbonyl (C=O) groups excluding carboxylic acids is 1. The lowest BCUT2D eigenvalue weighted by Crippen LogP contribution is -2.32. The van der Waals surface area contributed by atoms with Crippen LogP contribution in [0.1, 0.15) is 37.1 Å². The summed E-state index contributed by atoms with van der Waals surface area (Å²) >= 11 is 3.31. The van der Waals surface area contributed by atoms with Crippen LogP contribution in [-0.4, -0.2) is 40.9 Å². The lowest BCUT2D eigenvalue weighted by molar-refractivity contribution is -0.120. The van der Waals surface area contributed by atoms with Crippen molar-refractivity contribution in [3.8, 4) is 0 Å². The van der Waals surface area contributed by atoms with Gasteiger partial charge in [-0.2, -0.15) is 0 Å². The van der Waals surface area contributed by atoms with Crippen LogP contribution in [-0.2, 0) is 22.4 Å². The van der Waals surface area contributed by atoms with Gasteiger partial charge in [-0.3, -0.25) is 4.79 Å². The van der Waals surface area contributed by atoms with Crippen LogP contribution < -0.4 is 5.32 Å². The van der Waals surface area contributed by atoms with Gasteiger partial charge in [-0.1, -0.05) is 11.8 Å². The Bertz CT molecular complexity index is 717. The number of thioether (sulfide) groups is 1. The van der Waals surface area contributed by atoms with Crippen LogP contribution in [0, 0.1) is 0 Å². The third-order valence-electron chi connectivity index (χ3n) is 4.09. The molecular weight excluding hydrogens is 342 g/mol. The van der Waals surface area contributed by atoms with E-state index in [0.29, 0.717) is 13.2 Å². The lowest BCUT2D eigenvalue weighted by atomic mass is 10.2. The molecule has 130 valence electrons. The van der Waals surface area contributed by atoms with Crippen molar-refractivity contribution in [2.45, 2.75) is 49.8 Å². The molecule has 3 rings (SSSR count). The zero-order chi connectivity index (χ0) is 16.9. The summed E-state index contributed by atoms with van der Waals surface area (Å²) < 4.78 is 5.28. The van der Waals surface area contributed by atoms with Crippen LogP contribution in [0.25, 0.3) is 10.2 Å². The Kier molecular flexibility index (Phi) is 6.08. The number of amides is 1. The molecule has 0 aliphatic heterocycles. The van der Waals surface area contributed by atoms with Crippen LogP contribution in [0.15, 0.2) is 11.4 Å². The molecule has 0 fully saturated rings. The van der Waals surface area contributed by atoms with Crippen LogP contribution in [0.3, 0.4) is 0 Å². The minimum Gasteiger partial charge on any atom is -0.382 e. The Morgan fingerprint density at radius 1 is 1.46 bits per heavy atom. The topological polar surface area (TPSA) is 64.1 Å². The van der Waals surface area contributed by atoms with E-state index in [9.17, 15) is 4.79 Å². The van der Waals surface area contributed by atoms with Gasteiger partial charge in [-0.15, -0.1) is 11.3 Å². The smallest absolute Gasteiger partial charge is 0.233 e. The van der Waals surface area contributed by atoms with Crippen LogP contribution in [0.4, 0.5) is 0 Å². The van der Waals surface area contributed by atoms with E-state index in [1.165, 1.54) is 34.0 Å². The summed E-state index contributed by atoms with van der Waals surface area (Å²) in [4.78, 5) is 23.6. The van der Waals surface area contributed by atoms with E-state index in [-0.39, 0.29) is 11.2 Å². The monoisotopic (exact) mass is 365 g/mol. The molecule has 0 radical (unpaired) electrons. The number of hydrogen-bond donors (Lipinski definition) is 1. The van der Waals surface area contributed by atoms with E-state index >= 15 is 0 Å². The first-order valence-electron chi connectivity index (χ1n) is 8.48. The fourth-order valence-electron chi connectivity index (χ4n) is 2.88. The van der Waals surface area contributed by atoms with Crippen molar-refractivity contribution in [1.82, 2.24) is 15.3 Å². The number of nitrogens with zero attached hydrogens (tertiary/aromatic N) is 2. The van der Waals surface area contributed by atoms with Gasteiger partial charge in [0.2, 0.25) is 5.91 Å². The van der Waals surface area contributed by atoms with Crippen molar-refractivity contribution in [3.05, 3.63) is 16.8 Å². The van der Waals surface area contributed by atoms with E-state index in [0.717, 1.165) is 35.7 Å². The Hall–Kier alpha value is -1.18. The first kappa shape index (κ1) is 17.6.